The van der Waals surface area contributed by atoms with Crippen LogP contribution in [0.3, 0.4) is 0 Å². The molecule has 0 spiro atoms. The van der Waals surface area contributed by atoms with Crippen molar-refractivity contribution in [2.24, 2.45) is 0 Å². The molecule has 6 heteroatoms. The van der Waals surface area contributed by atoms with Gasteiger partial charge in [-0.1, -0.05) is 0 Å². The van der Waals surface area contributed by atoms with Crippen LogP contribution in [0.15, 0.2) is 0 Å². The molecule has 0 aromatic rings. The molecule has 0 aliphatic rings. The fourth-order valence-electron chi connectivity index (χ4n) is 1.39. The first-order valence-electron chi connectivity index (χ1n) is 7.42. The van der Waals surface area contributed by atoms with Crippen LogP contribution in [0.25, 0.3) is 0 Å². The van der Waals surface area contributed by atoms with E-state index in [4.69, 9.17) is 9.47 Å². The first-order chi connectivity index (χ1) is 9.49. The first kappa shape index (κ1) is 19.9. The van der Waals surface area contributed by atoms with E-state index in [0.29, 0.717) is 19.6 Å². The summed E-state index contributed by atoms with van der Waals surface area (Å²) in [5.41, 5.74) is 0. The van der Waals surface area contributed by atoms with Gasteiger partial charge in [-0.2, -0.15) is 0 Å². The topological polar surface area (TPSA) is 52.6 Å². The van der Waals surface area contributed by atoms with Crippen LogP contribution in [0.1, 0.15) is 19.3 Å². The van der Waals surface area contributed by atoms with Gasteiger partial charge in [0.2, 0.25) is 0 Å². The molecule has 0 fully saturated rings. The standard InChI is InChI=1S/C15H32N2O4/c1-16(2,3)10-12-20-14(18)8-7-9-15(19)21-13-11-17(4,5)6/h7-13H2,1-6H3/q+2. The maximum Gasteiger partial charge on any atom is 0.306 e. The van der Waals surface area contributed by atoms with Crippen LogP contribution in [0.2, 0.25) is 0 Å². The Morgan fingerprint density at radius 1 is 0.714 bits per heavy atom. The summed E-state index contributed by atoms with van der Waals surface area (Å²) in [6, 6.07) is 0. The van der Waals surface area contributed by atoms with E-state index in [-0.39, 0.29) is 24.8 Å². The van der Waals surface area contributed by atoms with Gasteiger partial charge in [-0.15, -0.1) is 0 Å². The largest absolute Gasteiger partial charge is 0.460 e. The number of rotatable bonds is 10. The highest BCUT2D eigenvalue weighted by Gasteiger charge is 2.12. The van der Waals surface area contributed by atoms with Crippen molar-refractivity contribution in [3.05, 3.63) is 0 Å². The second-order valence-electron chi connectivity index (χ2n) is 7.32. The number of carbonyl (C=O) groups excluding carboxylic acids is 2. The zero-order chi connectivity index (χ0) is 16.5. The van der Waals surface area contributed by atoms with Gasteiger partial charge in [0.25, 0.3) is 0 Å². The summed E-state index contributed by atoms with van der Waals surface area (Å²) in [4.78, 5) is 22.9. The summed E-state index contributed by atoms with van der Waals surface area (Å²) in [7, 11) is 12.3. The third kappa shape index (κ3) is 15.1. The molecule has 0 atom stereocenters. The molecule has 0 bridgehead atoms. The number of hydrogen-bond donors (Lipinski definition) is 0. The Morgan fingerprint density at radius 3 is 1.33 bits per heavy atom. The molecule has 0 aromatic heterocycles. The fourth-order valence-corrected chi connectivity index (χ4v) is 1.39. The highest BCUT2D eigenvalue weighted by molar-refractivity contribution is 5.72. The molecule has 21 heavy (non-hydrogen) atoms. The molecule has 124 valence electrons. The Bertz CT molecular complexity index is 298. The van der Waals surface area contributed by atoms with Gasteiger partial charge in [0.1, 0.15) is 26.3 Å². The van der Waals surface area contributed by atoms with Gasteiger partial charge in [-0.25, -0.2) is 0 Å². The number of nitrogens with zero attached hydrogens (tertiary/aromatic N) is 2. The summed E-state index contributed by atoms with van der Waals surface area (Å²) in [6.45, 7) is 2.38. The quantitative estimate of drug-likeness (QED) is 0.439. The Morgan fingerprint density at radius 2 is 1.05 bits per heavy atom. The van der Waals surface area contributed by atoms with E-state index in [2.05, 4.69) is 0 Å². The Labute approximate surface area is 128 Å². The summed E-state index contributed by atoms with van der Waals surface area (Å²) in [5, 5.41) is 0. The van der Waals surface area contributed by atoms with Gasteiger partial charge in [0, 0.05) is 12.8 Å². The molecule has 0 saturated carbocycles. The molecular formula is C15H32N2O4+2. The van der Waals surface area contributed by atoms with Crippen LogP contribution in [-0.4, -0.2) is 89.5 Å². The average molecular weight is 304 g/mol. The Kier molecular flexibility index (Phi) is 8.51. The van der Waals surface area contributed by atoms with Crippen LogP contribution in [-0.2, 0) is 19.1 Å². The second-order valence-corrected chi connectivity index (χ2v) is 7.32. The molecule has 0 amide bonds. The summed E-state index contributed by atoms with van der Waals surface area (Å²) >= 11 is 0. The number of quaternary nitrogens is 2. The van der Waals surface area contributed by atoms with E-state index in [1.165, 1.54) is 0 Å². The molecule has 6 nitrogen and oxygen atoms in total. The van der Waals surface area contributed by atoms with Gasteiger partial charge < -0.3 is 18.4 Å². The second kappa shape index (κ2) is 9.00. The van der Waals surface area contributed by atoms with Gasteiger partial charge in [-0.05, 0) is 6.42 Å². The van der Waals surface area contributed by atoms with Crippen LogP contribution >= 0.6 is 0 Å². The molecule has 0 rings (SSSR count). The molecule has 0 N–H and O–H groups in total. The van der Waals surface area contributed by atoms with Gasteiger partial charge in [-0.3, -0.25) is 9.59 Å². The number of ether oxygens (including phenoxy) is 2. The highest BCUT2D eigenvalue weighted by atomic mass is 16.5. The Hall–Kier alpha value is -1.14. The molecule has 0 unspecified atom stereocenters. The van der Waals surface area contributed by atoms with E-state index in [0.717, 1.165) is 22.1 Å². The molecule has 0 saturated heterocycles. The normalized spacial score (nSPS) is 12.1. The highest BCUT2D eigenvalue weighted by Crippen LogP contribution is 2.01. The predicted molar refractivity (Wildman–Crippen MR) is 81.6 cm³/mol. The monoisotopic (exact) mass is 304 g/mol. The van der Waals surface area contributed by atoms with Crippen molar-refractivity contribution in [2.75, 3.05) is 68.6 Å². The number of likely N-dealkylation sites (N-methyl/N-ethyl adjacent to an activating group) is 2. The summed E-state index contributed by atoms with van der Waals surface area (Å²) < 4.78 is 11.7. The number of hydrogen-bond acceptors (Lipinski definition) is 4. The van der Waals surface area contributed by atoms with Gasteiger partial charge in [0.15, 0.2) is 0 Å². The van der Waals surface area contributed by atoms with Crippen molar-refractivity contribution in [1.29, 1.82) is 0 Å². The lowest BCUT2D eigenvalue weighted by Crippen LogP contribution is -2.38. The van der Waals surface area contributed by atoms with E-state index >= 15 is 0 Å². The van der Waals surface area contributed by atoms with Crippen molar-refractivity contribution in [1.82, 2.24) is 0 Å². The lowest BCUT2D eigenvalue weighted by atomic mass is 10.2. The summed E-state index contributed by atoms with van der Waals surface area (Å²) in [6.07, 6.45) is 1.01. The Balaban J connectivity index is 3.60. The van der Waals surface area contributed by atoms with Gasteiger partial charge >= 0.3 is 11.9 Å². The fraction of sp³-hybridized carbons (Fsp3) is 0.867. The molecule has 0 aliphatic heterocycles. The maximum atomic E-state index is 11.5. The zero-order valence-corrected chi connectivity index (χ0v) is 14.5. The van der Waals surface area contributed by atoms with E-state index in [9.17, 15) is 9.59 Å². The van der Waals surface area contributed by atoms with Crippen LogP contribution < -0.4 is 0 Å². The SMILES string of the molecule is C[N+](C)(C)CCOC(=O)CCCC(=O)OCC[N+](C)(C)C. The summed E-state index contributed by atoms with van der Waals surface area (Å²) in [5.74, 6) is -0.495. The maximum absolute atomic E-state index is 11.5. The van der Waals surface area contributed by atoms with Crippen molar-refractivity contribution in [3.8, 4) is 0 Å². The molecular weight excluding hydrogens is 272 g/mol. The lowest BCUT2D eigenvalue weighted by molar-refractivity contribution is -0.870. The van der Waals surface area contributed by atoms with Crippen molar-refractivity contribution < 1.29 is 28.0 Å². The number of carbonyl (C=O) groups is 2. The minimum absolute atomic E-state index is 0.248. The van der Waals surface area contributed by atoms with Crippen LogP contribution in [0.4, 0.5) is 0 Å². The average Bonchev–Trinajstić information content (AvgIpc) is 2.25. The third-order valence-electron chi connectivity index (χ3n) is 2.81. The minimum Gasteiger partial charge on any atom is -0.460 e. The molecule has 0 heterocycles. The molecule has 0 radical (unpaired) electrons. The third-order valence-corrected chi connectivity index (χ3v) is 2.81. The van der Waals surface area contributed by atoms with Crippen LogP contribution in [0.5, 0.6) is 0 Å². The lowest BCUT2D eigenvalue weighted by Gasteiger charge is -2.23. The molecule has 0 aliphatic carbocycles. The first-order valence-corrected chi connectivity index (χ1v) is 7.42. The van der Waals surface area contributed by atoms with Crippen molar-refractivity contribution in [2.45, 2.75) is 19.3 Å². The molecule has 0 aromatic carbocycles. The number of esters is 2. The van der Waals surface area contributed by atoms with Crippen molar-refractivity contribution in [3.63, 3.8) is 0 Å². The minimum atomic E-state index is -0.248. The van der Waals surface area contributed by atoms with E-state index in [1.807, 2.05) is 42.3 Å². The van der Waals surface area contributed by atoms with E-state index in [1.54, 1.807) is 0 Å². The van der Waals surface area contributed by atoms with Crippen molar-refractivity contribution >= 4 is 11.9 Å². The van der Waals surface area contributed by atoms with Crippen LogP contribution in [0, 0.1) is 0 Å². The smallest absolute Gasteiger partial charge is 0.306 e. The predicted octanol–water partition coefficient (Wildman–Crippen LogP) is 0.656. The van der Waals surface area contributed by atoms with E-state index < -0.39 is 0 Å². The van der Waals surface area contributed by atoms with Gasteiger partial charge in [0.05, 0.1) is 42.3 Å². The zero-order valence-electron chi connectivity index (χ0n) is 14.5.